The van der Waals surface area contributed by atoms with Gasteiger partial charge in [0.1, 0.15) is 5.76 Å². The maximum atomic E-state index is 12.7. The van der Waals surface area contributed by atoms with Crippen LogP contribution in [0.1, 0.15) is 33.4 Å². The number of imidazole rings is 1. The molecule has 7 heteroatoms. The molecule has 3 heterocycles. The van der Waals surface area contributed by atoms with Crippen LogP contribution in [-0.4, -0.2) is 57.8 Å². The van der Waals surface area contributed by atoms with Crippen molar-refractivity contribution in [3.05, 3.63) is 53.7 Å². The quantitative estimate of drug-likeness (QED) is 0.784. The lowest BCUT2D eigenvalue weighted by atomic mass is 10.1. The van der Waals surface area contributed by atoms with Crippen LogP contribution >= 0.6 is 0 Å². The number of nitrogens with zero attached hydrogens (tertiary/aromatic N) is 3. The lowest BCUT2D eigenvalue weighted by molar-refractivity contribution is 0.0534. The average Bonchev–Trinajstić information content (AvgIpc) is 3.35. The number of hydrogen-bond acceptors (Lipinski definition) is 4. The van der Waals surface area contributed by atoms with Crippen LogP contribution in [-0.2, 0) is 6.42 Å². The Morgan fingerprint density at radius 1 is 1.12 bits per heavy atom. The fourth-order valence-corrected chi connectivity index (χ4v) is 3.34. The van der Waals surface area contributed by atoms with Crippen molar-refractivity contribution < 1.29 is 14.0 Å². The van der Waals surface area contributed by atoms with E-state index in [2.05, 4.69) is 9.97 Å². The molecule has 0 radical (unpaired) electrons. The minimum absolute atomic E-state index is 0.0221. The van der Waals surface area contributed by atoms with Gasteiger partial charge >= 0.3 is 0 Å². The van der Waals surface area contributed by atoms with Crippen molar-refractivity contribution in [2.75, 3.05) is 26.2 Å². The van der Waals surface area contributed by atoms with E-state index in [1.807, 2.05) is 19.1 Å². The standard InChI is InChI=1S/C19H20N4O3/c1-2-17-14(5-10-26-17)19(25)23-8-6-22(7-9-23)18(24)13-3-4-15-16(11-13)21-12-20-15/h3-5,10-12H,2,6-9H2,1H3,(H,20,21). The second kappa shape index (κ2) is 6.67. The number of hydrogen-bond donors (Lipinski definition) is 1. The summed E-state index contributed by atoms with van der Waals surface area (Å²) in [6.07, 6.45) is 3.85. The second-order valence-electron chi connectivity index (χ2n) is 6.33. The molecule has 1 fully saturated rings. The van der Waals surface area contributed by atoms with Gasteiger partial charge < -0.3 is 19.2 Å². The number of aryl methyl sites for hydroxylation is 1. The fraction of sp³-hybridized carbons (Fsp3) is 0.316. The van der Waals surface area contributed by atoms with Gasteiger partial charge in [-0.25, -0.2) is 4.98 Å². The Morgan fingerprint density at radius 3 is 2.58 bits per heavy atom. The summed E-state index contributed by atoms with van der Waals surface area (Å²) >= 11 is 0. The van der Waals surface area contributed by atoms with Crippen LogP contribution in [0.15, 0.2) is 41.3 Å². The van der Waals surface area contributed by atoms with Crippen LogP contribution in [0.4, 0.5) is 0 Å². The summed E-state index contributed by atoms with van der Waals surface area (Å²) in [6, 6.07) is 7.17. The van der Waals surface area contributed by atoms with E-state index in [-0.39, 0.29) is 11.8 Å². The summed E-state index contributed by atoms with van der Waals surface area (Å²) in [5.41, 5.74) is 2.93. The molecule has 0 atom stereocenters. The molecule has 0 bridgehead atoms. The number of fused-ring (bicyclic) bond motifs is 1. The molecule has 1 saturated heterocycles. The SMILES string of the molecule is CCc1occc1C(=O)N1CCN(C(=O)c2ccc3nc[nH]c3c2)CC1. The summed E-state index contributed by atoms with van der Waals surface area (Å²) in [5, 5.41) is 0. The van der Waals surface area contributed by atoms with Gasteiger partial charge in [0.2, 0.25) is 0 Å². The molecule has 1 aliphatic heterocycles. The number of benzene rings is 1. The molecule has 7 nitrogen and oxygen atoms in total. The van der Waals surface area contributed by atoms with E-state index in [1.165, 1.54) is 0 Å². The first kappa shape index (κ1) is 16.4. The van der Waals surface area contributed by atoms with Crippen molar-refractivity contribution >= 4 is 22.8 Å². The third kappa shape index (κ3) is 2.85. The van der Waals surface area contributed by atoms with E-state index < -0.39 is 0 Å². The molecule has 3 aromatic rings. The maximum Gasteiger partial charge on any atom is 0.257 e. The number of carbonyl (C=O) groups is 2. The molecule has 1 aliphatic rings. The third-order valence-corrected chi connectivity index (χ3v) is 4.82. The number of rotatable bonds is 3. The molecular formula is C19H20N4O3. The van der Waals surface area contributed by atoms with Crippen molar-refractivity contribution in [1.82, 2.24) is 19.8 Å². The number of amides is 2. The van der Waals surface area contributed by atoms with Gasteiger partial charge in [0.25, 0.3) is 11.8 Å². The Hall–Kier alpha value is -3.09. The molecule has 1 N–H and O–H groups in total. The van der Waals surface area contributed by atoms with Crippen LogP contribution in [0.25, 0.3) is 11.0 Å². The maximum absolute atomic E-state index is 12.7. The van der Waals surface area contributed by atoms with E-state index in [0.29, 0.717) is 49.5 Å². The molecule has 1 aromatic carbocycles. The normalized spacial score (nSPS) is 14.8. The van der Waals surface area contributed by atoms with Gasteiger partial charge in [-0.2, -0.15) is 0 Å². The number of aromatic amines is 1. The minimum Gasteiger partial charge on any atom is -0.469 e. The Kier molecular flexibility index (Phi) is 4.20. The largest absolute Gasteiger partial charge is 0.469 e. The Labute approximate surface area is 150 Å². The molecule has 26 heavy (non-hydrogen) atoms. The number of nitrogens with one attached hydrogen (secondary N) is 1. The molecule has 2 aromatic heterocycles. The molecule has 0 unspecified atom stereocenters. The van der Waals surface area contributed by atoms with Gasteiger partial charge in [0, 0.05) is 38.2 Å². The molecule has 0 spiro atoms. The number of piperazine rings is 1. The summed E-state index contributed by atoms with van der Waals surface area (Å²) in [6.45, 7) is 4.04. The van der Waals surface area contributed by atoms with Gasteiger partial charge in [-0.3, -0.25) is 9.59 Å². The van der Waals surface area contributed by atoms with Gasteiger partial charge in [0.05, 0.1) is 29.2 Å². The zero-order valence-electron chi connectivity index (χ0n) is 14.6. The lowest BCUT2D eigenvalue weighted by Gasteiger charge is -2.34. The van der Waals surface area contributed by atoms with Crippen molar-refractivity contribution in [2.24, 2.45) is 0 Å². The zero-order valence-corrected chi connectivity index (χ0v) is 14.6. The molecule has 0 aliphatic carbocycles. The summed E-state index contributed by atoms with van der Waals surface area (Å²) in [4.78, 5) is 36.2. The number of furan rings is 1. The van der Waals surface area contributed by atoms with E-state index >= 15 is 0 Å². The van der Waals surface area contributed by atoms with E-state index in [1.54, 1.807) is 34.5 Å². The highest BCUT2D eigenvalue weighted by Crippen LogP contribution is 2.18. The summed E-state index contributed by atoms with van der Waals surface area (Å²) in [5.74, 6) is 0.661. The first-order valence-electron chi connectivity index (χ1n) is 8.75. The predicted octanol–water partition coefficient (Wildman–Crippen LogP) is 2.32. The smallest absolute Gasteiger partial charge is 0.257 e. The topological polar surface area (TPSA) is 82.4 Å². The van der Waals surface area contributed by atoms with Crippen molar-refractivity contribution in [3.8, 4) is 0 Å². The Balaban J connectivity index is 1.42. The number of carbonyl (C=O) groups excluding carboxylic acids is 2. The van der Waals surface area contributed by atoms with E-state index in [0.717, 1.165) is 11.0 Å². The lowest BCUT2D eigenvalue weighted by Crippen LogP contribution is -2.50. The predicted molar refractivity (Wildman–Crippen MR) is 96.0 cm³/mol. The van der Waals surface area contributed by atoms with Crippen LogP contribution < -0.4 is 0 Å². The van der Waals surface area contributed by atoms with Crippen molar-refractivity contribution in [3.63, 3.8) is 0 Å². The summed E-state index contributed by atoms with van der Waals surface area (Å²) < 4.78 is 5.35. The van der Waals surface area contributed by atoms with Gasteiger partial charge in [-0.1, -0.05) is 6.92 Å². The molecule has 2 amide bonds. The van der Waals surface area contributed by atoms with Crippen LogP contribution in [0, 0.1) is 0 Å². The second-order valence-corrected chi connectivity index (χ2v) is 6.33. The molecular weight excluding hydrogens is 332 g/mol. The average molecular weight is 352 g/mol. The van der Waals surface area contributed by atoms with Gasteiger partial charge in [-0.15, -0.1) is 0 Å². The van der Waals surface area contributed by atoms with Crippen LogP contribution in [0.2, 0.25) is 0 Å². The highest BCUT2D eigenvalue weighted by molar-refractivity contribution is 5.98. The first-order valence-corrected chi connectivity index (χ1v) is 8.75. The van der Waals surface area contributed by atoms with Crippen molar-refractivity contribution in [1.29, 1.82) is 0 Å². The summed E-state index contributed by atoms with van der Waals surface area (Å²) in [7, 11) is 0. The van der Waals surface area contributed by atoms with Gasteiger partial charge in [0.15, 0.2) is 0 Å². The zero-order chi connectivity index (χ0) is 18.1. The number of aromatic nitrogens is 2. The minimum atomic E-state index is -0.0263. The molecule has 4 rings (SSSR count). The first-order chi connectivity index (χ1) is 12.7. The monoisotopic (exact) mass is 352 g/mol. The van der Waals surface area contributed by atoms with Gasteiger partial charge in [-0.05, 0) is 24.3 Å². The van der Waals surface area contributed by atoms with E-state index in [4.69, 9.17) is 4.42 Å². The Morgan fingerprint density at radius 2 is 1.85 bits per heavy atom. The van der Waals surface area contributed by atoms with Crippen LogP contribution in [0.5, 0.6) is 0 Å². The van der Waals surface area contributed by atoms with E-state index in [9.17, 15) is 9.59 Å². The van der Waals surface area contributed by atoms with Crippen molar-refractivity contribution in [2.45, 2.75) is 13.3 Å². The molecule has 134 valence electrons. The highest BCUT2D eigenvalue weighted by atomic mass is 16.3. The fourth-order valence-electron chi connectivity index (χ4n) is 3.34. The highest BCUT2D eigenvalue weighted by Gasteiger charge is 2.27. The third-order valence-electron chi connectivity index (χ3n) is 4.82. The molecule has 0 saturated carbocycles. The Bertz CT molecular complexity index is 951. The number of H-pyrrole nitrogens is 1. The van der Waals surface area contributed by atoms with Crippen LogP contribution in [0.3, 0.4) is 0 Å².